The number of unbranched alkanes of at least 4 members (excludes halogenated alkanes) is 4. The van der Waals surface area contributed by atoms with Gasteiger partial charge >= 0.3 is 0 Å². The summed E-state index contributed by atoms with van der Waals surface area (Å²) < 4.78 is 5.94. The molecule has 0 spiro atoms. The van der Waals surface area contributed by atoms with Crippen LogP contribution in [0.1, 0.15) is 62.6 Å². The largest absolute Gasteiger partial charge is 0.491 e. The van der Waals surface area contributed by atoms with Crippen LogP contribution in [0.3, 0.4) is 0 Å². The highest BCUT2D eigenvalue weighted by Gasteiger charge is 2.07. The zero-order valence-electron chi connectivity index (χ0n) is 16.9. The zero-order valence-corrected chi connectivity index (χ0v) is 17.6. The number of benzene rings is 1. The van der Waals surface area contributed by atoms with Crippen molar-refractivity contribution in [2.24, 2.45) is 0 Å². The highest BCUT2D eigenvalue weighted by Crippen LogP contribution is 2.22. The number of nitrogens with one attached hydrogen (secondary N) is 1. The van der Waals surface area contributed by atoms with Crippen molar-refractivity contribution in [3.8, 4) is 5.75 Å². The lowest BCUT2D eigenvalue weighted by molar-refractivity contribution is 0.330. The molecule has 0 saturated heterocycles. The Kier molecular flexibility index (Phi) is 9.40. The normalized spacial score (nSPS) is 10.8. The van der Waals surface area contributed by atoms with E-state index in [1.165, 1.54) is 49.6 Å². The molecule has 0 radical (unpaired) electrons. The van der Waals surface area contributed by atoms with Gasteiger partial charge in [-0.15, -0.1) is 0 Å². The van der Waals surface area contributed by atoms with E-state index >= 15 is 0 Å². The first-order chi connectivity index (χ1) is 13.2. The van der Waals surface area contributed by atoms with Crippen molar-refractivity contribution in [2.45, 2.75) is 65.7 Å². The van der Waals surface area contributed by atoms with Crippen LogP contribution in [0.25, 0.3) is 0 Å². The molecular weight excluding hydrogens is 358 g/mol. The number of halogens is 1. The predicted molar refractivity (Wildman–Crippen MR) is 114 cm³/mol. The Morgan fingerprint density at radius 2 is 1.89 bits per heavy atom. The molecule has 0 aliphatic rings. The molecule has 2 rings (SSSR count). The van der Waals surface area contributed by atoms with Crippen LogP contribution in [0.4, 0.5) is 5.82 Å². The number of aryl methyl sites for hydroxylation is 2. The minimum Gasteiger partial charge on any atom is -0.491 e. The SMILES string of the molecule is CCCCCCCc1ccc(OCCNc2ncnc(Cl)c2CC)c(C)c1. The molecule has 0 atom stereocenters. The van der Waals surface area contributed by atoms with Crippen LogP contribution >= 0.6 is 11.6 Å². The summed E-state index contributed by atoms with van der Waals surface area (Å²) in [5, 5.41) is 3.80. The number of hydrogen-bond donors (Lipinski definition) is 1. The van der Waals surface area contributed by atoms with Gasteiger partial charge in [-0.05, 0) is 43.4 Å². The third-order valence-electron chi connectivity index (χ3n) is 4.71. The summed E-state index contributed by atoms with van der Waals surface area (Å²) >= 11 is 6.11. The Morgan fingerprint density at radius 3 is 2.63 bits per heavy atom. The van der Waals surface area contributed by atoms with Crippen molar-refractivity contribution < 1.29 is 4.74 Å². The van der Waals surface area contributed by atoms with Gasteiger partial charge < -0.3 is 10.1 Å². The Morgan fingerprint density at radius 1 is 1.07 bits per heavy atom. The van der Waals surface area contributed by atoms with E-state index in [-0.39, 0.29) is 0 Å². The van der Waals surface area contributed by atoms with Gasteiger partial charge in [-0.3, -0.25) is 0 Å². The summed E-state index contributed by atoms with van der Waals surface area (Å²) in [6.07, 6.45) is 10.0. The van der Waals surface area contributed by atoms with Crippen molar-refractivity contribution in [1.82, 2.24) is 9.97 Å². The van der Waals surface area contributed by atoms with Gasteiger partial charge in [0.15, 0.2) is 0 Å². The Bertz CT molecular complexity index is 706. The van der Waals surface area contributed by atoms with Gasteiger partial charge in [0.1, 0.15) is 29.7 Å². The second-order valence-corrected chi connectivity index (χ2v) is 7.24. The van der Waals surface area contributed by atoms with Crippen LogP contribution in [-0.2, 0) is 12.8 Å². The van der Waals surface area contributed by atoms with Crippen LogP contribution in [-0.4, -0.2) is 23.1 Å². The fourth-order valence-electron chi connectivity index (χ4n) is 3.15. The lowest BCUT2D eigenvalue weighted by atomic mass is 10.0. The van der Waals surface area contributed by atoms with E-state index < -0.39 is 0 Å². The topological polar surface area (TPSA) is 47.0 Å². The number of rotatable bonds is 12. The van der Waals surface area contributed by atoms with E-state index in [4.69, 9.17) is 16.3 Å². The Labute approximate surface area is 168 Å². The summed E-state index contributed by atoms with van der Waals surface area (Å²) in [4.78, 5) is 8.29. The molecule has 0 unspecified atom stereocenters. The highest BCUT2D eigenvalue weighted by atomic mass is 35.5. The van der Waals surface area contributed by atoms with Crippen LogP contribution in [0.15, 0.2) is 24.5 Å². The van der Waals surface area contributed by atoms with Crippen molar-refractivity contribution in [3.63, 3.8) is 0 Å². The molecule has 4 nitrogen and oxygen atoms in total. The fourth-order valence-corrected chi connectivity index (χ4v) is 3.42. The first kappa shape index (κ1) is 21.5. The lowest BCUT2D eigenvalue weighted by Crippen LogP contribution is -2.14. The summed E-state index contributed by atoms with van der Waals surface area (Å²) in [6.45, 7) is 7.65. The van der Waals surface area contributed by atoms with Crippen molar-refractivity contribution in [1.29, 1.82) is 0 Å². The highest BCUT2D eigenvalue weighted by molar-refractivity contribution is 6.30. The molecule has 0 fully saturated rings. The molecule has 1 heterocycles. The molecule has 148 valence electrons. The molecule has 0 saturated carbocycles. The maximum Gasteiger partial charge on any atom is 0.137 e. The van der Waals surface area contributed by atoms with Gasteiger partial charge in [-0.25, -0.2) is 9.97 Å². The minimum atomic E-state index is 0.511. The maximum absolute atomic E-state index is 6.11. The molecule has 0 amide bonds. The number of ether oxygens (including phenoxy) is 1. The third kappa shape index (κ3) is 7.02. The van der Waals surface area contributed by atoms with Gasteiger partial charge in [-0.2, -0.15) is 0 Å². The number of anilines is 1. The van der Waals surface area contributed by atoms with Crippen LogP contribution < -0.4 is 10.1 Å². The molecular formula is C22H32ClN3O. The number of nitrogens with zero attached hydrogens (tertiary/aromatic N) is 2. The van der Waals surface area contributed by atoms with Gasteiger partial charge in [0.2, 0.25) is 0 Å². The predicted octanol–water partition coefficient (Wildman–Crippen LogP) is 6.00. The maximum atomic E-state index is 6.11. The molecule has 5 heteroatoms. The second-order valence-electron chi connectivity index (χ2n) is 6.88. The Balaban J connectivity index is 1.77. The van der Waals surface area contributed by atoms with E-state index in [1.54, 1.807) is 0 Å². The van der Waals surface area contributed by atoms with E-state index in [0.29, 0.717) is 18.3 Å². The van der Waals surface area contributed by atoms with Crippen molar-refractivity contribution in [3.05, 3.63) is 46.4 Å². The van der Waals surface area contributed by atoms with Crippen LogP contribution in [0.2, 0.25) is 5.15 Å². The monoisotopic (exact) mass is 389 g/mol. The molecule has 1 aromatic carbocycles. The average molecular weight is 390 g/mol. The summed E-state index contributed by atoms with van der Waals surface area (Å²) in [5.74, 6) is 1.74. The molecule has 0 bridgehead atoms. The summed E-state index contributed by atoms with van der Waals surface area (Å²) in [6, 6.07) is 6.53. The quantitative estimate of drug-likeness (QED) is 0.357. The van der Waals surface area contributed by atoms with Crippen LogP contribution in [0, 0.1) is 6.92 Å². The van der Waals surface area contributed by atoms with Crippen LogP contribution in [0.5, 0.6) is 5.75 Å². The van der Waals surface area contributed by atoms with Crippen molar-refractivity contribution in [2.75, 3.05) is 18.5 Å². The lowest BCUT2D eigenvalue weighted by Gasteiger charge is -2.13. The standard InChI is InChI=1S/C22H32ClN3O/c1-4-6-7-8-9-10-18-11-12-20(17(3)15-18)27-14-13-24-22-19(5-2)21(23)25-16-26-22/h11-12,15-16H,4-10,13-14H2,1-3H3,(H,24,25,26). The molecule has 27 heavy (non-hydrogen) atoms. The minimum absolute atomic E-state index is 0.511. The van der Waals surface area contributed by atoms with Gasteiger partial charge in [0.25, 0.3) is 0 Å². The molecule has 2 aromatic rings. The molecule has 0 aliphatic carbocycles. The van der Waals surface area contributed by atoms with Gasteiger partial charge in [0.05, 0.1) is 6.54 Å². The number of hydrogen-bond acceptors (Lipinski definition) is 4. The van der Waals surface area contributed by atoms with E-state index in [0.717, 1.165) is 30.0 Å². The molecule has 1 aromatic heterocycles. The van der Waals surface area contributed by atoms with E-state index in [9.17, 15) is 0 Å². The summed E-state index contributed by atoms with van der Waals surface area (Å²) in [5.41, 5.74) is 3.54. The molecule has 1 N–H and O–H groups in total. The zero-order chi connectivity index (χ0) is 19.5. The first-order valence-electron chi connectivity index (χ1n) is 10.1. The van der Waals surface area contributed by atoms with Gasteiger partial charge in [0, 0.05) is 5.56 Å². The number of aromatic nitrogens is 2. The van der Waals surface area contributed by atoms with E-state index in [1.807, 2.05) is 6.92 Å². The molecule has 0 aliphatic heterocycles. The third-order valence-corrected chi connectivity index (χ3v) is 5.03. The second kappa shape index (κ2) is 11.8. The van der Waals surface area contributed by atoms with Crippen molar-refractivity contribution >= 4 is 17.4 Å². The Hall–Kier alpha value is -1.81. The van der Waals surface area contributed by atoms with Gasteiger partial charge in [-0.1, -0.05) is 63.3 Å². The first-order valence-corrected chi connectivity index (χ1v) is 10.5. The average Bonchev–Trinajstić information content (AvgIpc) is 2.66. The summed E-state index contributed by atoms with van der Waals surface area (Å²) in [7, 11) is 0. The smallest absolute Gasteiger partial charge is 0.137 e. The fraction of sp³-hybridized carbons (Fsp3) is 0.545. The van der Waals surface area contributed by atoms with E-state index in [2.05, 4.69) is 47.3 Å².